The zero-order valence-electron chi connectivity index (χ0n) is 19.6. The fourth-order valence-electron chi connectivity index (χ4n) is 4.34. The van der Waals surface area contributed by atoms with E-state index >= 15 is 0 Å². The Hall–Kier alpha value is -3.68. The van der Waals surface area contributed by atoms with Gasteiger partial charge in [0, 0.05) is 35.4 Å². The van der Waals surface area contributed by atoms with Crippen LogP contribution in [0.5, 0.6) is 0 Å². The second-order valence-corrected chi connectivity index (χ2v) is 9.44. The van der Waals surface area contributed by atoms with Crippen molar-refractivity contribution >= 4 is 40.5 Å². The summed E-state index contributed by atoms with van der Waals surface area (Å²) in [6.07, 6.45) is 2.03. The molecule has 36 heavy (non-hydrogen) atoms. The van der Waals surface area contributed by atoms with Crippen molar-refractivity contribution in [2.45, 2.75) is 25.4 Å². The summed E-state index contributed by atoms with van der Waals surface area (Å²) in [6.45, 7) is 2.39. The topological polar surface area (TPSA) is 70.4 Å². The van der Waals surface area contributed by atoms with Gasteiger partial charge in [0.1, 0.15) is 17.6 Å². The van der Waals surface area contributed by atoms with Gasteiger partial charge in [-0.05, 0) is 67.2 Å². The van der Waals surface area contributed by atoms with Crippen molar-refractivity contribution in [3.05, 3.63) is 107 Å². The Morgan fingerprint density at radius 3 is 2.67 bits per heavy atom. The molecule has 1 fully saturated rings. The number of aromatic nitrogens is 1. The number of benzene rings is 2. The van der Waals surface area contributed by atoms with Crippen LogP contribution >= 0.6 is 23.8 Å². The van der Waals surface area contributed by atoms with Crippen molar-refractivity contribution in [2.75, 3.05) is 11.9 Å². The molecule has 2 aromatic heterocycles. The monoisotopic (exact) mass is 516 g/mol. The molecule has 8 heteroatoms. The molecule has 0 bridgehead atoms. The molecule has 6 nitrogen and oxygen atoms in total. The Bertz CT molecular complexity index is 1380. The molecule has 2 atom stereocenters. The van der Waals surface area contributed by atoms with Crippen LogP contribution in [0.4, 0.5) is 5.69 Å². The first-order chi connectivity index (χ1) is 17.5. The largest absolute Gasteiger partial charge is 0.459 e. The van der Waals surface area contributed by atoms with Crippen LogP contribution < -0.4 is 10.6 Å². The van der Waals surface area contributed by atoms with Crippen molar-refractivity contribution in [3.63, 3.8) is 0 Å². The molecule has 0 radical (unpaired) electrons. The van der Waals surface area contributed by atoms with Crippen LogP contribution in [0.1, 0.15) is 35.5 Å². The first-order valence-electron chi connectivity index (χ1n) is 11.7. The van der Waals surface area contributed by atoms with Crippen LogP contribution in [0.15, 0.2) is 89.5 Å². The standard InChI is InChI=1S/C28H25ClN4O2S/c1-18-10-11-19(17-21(18)29)23-12-13-24(35-23)27-26(22-9-5-6-15-30-22)32-28(36)33(27)16-14-25(34)31-20-7-3-2-4-8-20/h2-13,15,17,26-27H,14,16H2,1H3,(H,31,34)(H,32,36)/t26-,27+/m0/s1. The summed E-state index contributed by atoms with van der Waals surface area (Å²) < 4.78 is 6.35. The quantitative estimate of drug-likeness (QED) is 0.281. The number of rotatable bonds is 7. The average molecular weight is 517 g/mol. The van der Waals surface area contributed by atoms with Gasteiger partial charge in [-0.2, -0.15) is 0 Å². The van der Waals surface area contributed by atoms with Gasteiger partial charge >= 0.3 is 0 Å². The lowest BCUT2D eigenvalue weighted by molar-refractivity contribution is -0.116. The minimum Gasteiger partial charge on any atom is -0.459 e. The van der Waals surface area contributed by atoms with Crippen molar-refractivity contribution in [3.8, 4) is 11.3 Å². The Morgan fingerprint density at radius 2 is 1.92 bits per heavy atom. The van der Waals surface area contributed by atoms with Crippen molar-refractivity contribution in [2.24, 2.45) is 0 Å². The molecule has 1 aliphatic heterocycles. The smallest absolute Gasteiger partial charge is 0.226 e. The summed E-state index contributed by atoms with van der Waals surface area (Å²) in [5.41, 5.74) is 3.51. The highest BCUT2D eigenvalue weighted by molar-refractivity contribution is 7.80. The summed E-state index contributed by atoms with van der Waals surface area (Å²) in [6, 6.07) is 24.5. The zero-order chi connectivity index (χ0) is 25.1. The number of thiocarbonyl (C=S) groups is 1. The summed E-state index contributed by atoms with van der Waals surface area (Å²) in [7, 11) is 0. The molecule has 2 aromatic carbocycles. The maximum Gasteiger partial charge on any atom is 0.226 e. The SMILES string of the molecule is Cc1ccc(-c2ccc([C@@H]3[C@H](c4ccccn4)NC(=S)N3CCC(=O)Nc3ccccc3)o2)cc1Cl. The molecule has 0 saturated carbocycles. The number of halogens is 1. The van der Waals surface area contributed by atoms with Crippen molar-refractivity contribution in [1.82, 2.24) is 15.2 Å². The molecular weight excluding hydrogens is 492 g/mol. The second-order valence-electron chi connectivity index (χ2n) is 8.65. The lowest BCUT2D eigenvalue weighted by Gasteiger charge is -2.25. The number of furan rings is 1. The van der Waals surface area contributed by atoms with E-state index in [4.69, 9.17) is 28.2 Å². The summed E-state index contributed by atoms with van der Waals surface area (Å²) in [5.74, 6) is 1.36. The van der Waals surface area contributed by atoms with Crippen LogP contribution in [-0.4, -0.2) is 27.4 Å². The van der Waals surface area contributed by atoms with Crippen LogP contribution in [-0.2, 0) is 4.79 Å². The molecular formula is C28H25ClN4O2S. The number of anilines is 1. The maximum atomic E-state index is 12.7. The number of pyridine rings is 1. The molecule has 1 aliphatic rings. The van der Waals surface area contributed by atoms with Crippen LogP contribution in [0, 0.1) is 6.92 Å². The van der Waals surface area contributed by atoms with E-state index in [0.717, 1.165) is 28.3 Å². The van der Waals surface area contributed by atoms with E-state index in [1.807, 2.05) is 90.7 Å². The van der Waals surface area contributed by atoms with Gasteiger partial charge in [0.25, 0.3) is 0 Å². The van der Waals surface area contributed by atoms with Gasteiger partial charge in [-0.15, -0.1) is 0 Å². The van der Waals surface area contributed by atoms with Gasteiger partial charge in [-0.3, -0.25) is 9.78 Å². The number of hydrogen-bond acceptors (Lipinski definition) is 4. The van der Waals surface area contributed by atoms with Crippen LogP contribution in [0.25, 0.3) is 11.3 Å². The Balaban J connectivity index is 1.41. The third-order valence-electron chi connectivity index (χ3n) is 6.21. The number of hydrogen-bond donors (Lipinski definition) is 2. The summed E-state index contributed by atoms with van der Waals surface area (Å²) in [4.78, 5) is 19.2. The molecule has 1 amide bonds. The highest BCUT2D eigenvalue weighted by atomic mass is 35.5. The zero-order valence-corrected chi connectivity index (χ0v) is 21.2. The van der Waals surface area contributed by atoms with Gasteiger partial charge in [-0.1, -0.05) is 48.0 Å². The number of nitrogens with one attached hydrogen (secondary N) is 2. The minimum absolute atomic E-state index is 0.0848. The lowest BCUT2D eigenvalue weighted by atomic mass is 10.0. The molecule has 182 valence electrons. The number of carbonyl (C=O) groups is 1. The number of carbonyl (C=O) groups excluding carboxylic acids is 1. The van der Waals surface area contributed by atoms with Gasteiger partial charge in [-0.25, -0.2) is 0 Å². The fourth-order valence-corrected chi connectivity index (χ4v) is 4.85. The second kappa shape index (κ2) is 10.5. The predicted octanol–water partition coefficient (Wildman–Crippen LogP) is 6.30. The first kappa shape index (κ1) is 24.0. The molecule has 1 saturated heterocycles. The highest BCUT2D eigenvalue weighted by Gasteiger charge is 2.41. The molecule has 3 heterocycles. The Labute approximate surface area is 220 Å². The molecule has 5 rings (SSSR count). The number of nitrogens with zero attached hydrogens (tertiary/aromatic N) is 2. The Kier molecular flexibility index (Phi) is 7.02. The lowest BCUT2D eigenvalue weighted by Crippen LogP contribution is -2.32. The highest BCUT2D eigenvalue weighted by Crippen LogP contribution is 2.40. The van der Waals surface area contributed by atoms with Crippen molar-refractivity contribution < 1.29 is 9.21 Å². The molecule has 0 unspecified atom stereocenters. The fraction of sp³-hybridized carbons (Fsp3) is 0.179. The predicted molar refractivity (Wildman–Crippen MR) is 146 cm³/mol. The van der Waals surface area contributed by atoms with E-state index in [0.29, 0.717) is 22.4 Å². The molecule has 2 N–H and O–H groups in total. The van der Waals surface area contributed by atoms with E-state index in [2.05, 4.69) is 15.6 Å². The first-order valence-corrected chi connectivity index (χ1v) is 12.5. The third-order valence-corrected chi connectivity index (χ3v) is 6.97. The Morgan fingerprint density at radius 1 is 1.11 bits per heavy atom. The normalized spacial score (nSPS) is 17.2. The van der Waals surface area contributed by atoms with Gasteiger partial charge < -0.3 is 20.0 Å². The number of amides is 1. The molecule has 0 spiro atoms. The van der Waals surface area contributed by atoms with E-state index in [-0.39, 0.29) is 24.4 Å². The van der Waals surface area contributed by atoms with Crippen LogP contribution in [0.2, 0.25) is 5.02 Å². The van der Waals surface area contributed by atoms with Gasteiger partial charge in [0.15, 0.2) is 5.11 Å². The average Bonchev–Trinajstić information content (AvgIpc) is 3.50. The van der Waals surface area contributed by atoms with E-state index in [1.54, 1.807) is 6.20 Å². The van der Waals surface area contributed by atoms with E-state index in [9.17, 15) is 4.79 Å². The van der Waals surface area contributed by atoms with E-state index in [1.165, 1.54) is 0 Å². The van der Waals surface area contributed by atoms with Crippen molar-refractivity contribution in [1.29, 1.82) is 0 Å². The van der Waals surface area contributed by atoms with Crippen LogP contribution in [0.3, 0.4) is 0 Å². The number of aryl methyl sites for hydroxylation is 1. The maximum absolute atomic E-state index is 12.7. The van der Waals surface area contributed by atoms with E-state index < -0.39 is 0 Å². The molecule has 0 aliphatic carbocycles. The summed E-state index contributed by atoms with van der Waals surface area (Å²) >= 11 is 12.1. The minimum atomic E-state index is -0.272. The molecule has 4 aromatic rings. The third kappa shape index (κ3) is 5.12. The number of para-hydroxylation sites is 1. The summed E-state index contributed by atoms with van der Waals surface area (Å²) in [5, 5.41) is 7.57. The van der Waals surface area contributed by atoms with Gasteiger partial charge in [0.05, 0.1) is 11.7 Å². The van der Waals surface area contributed by atoms with Gasteiger partial charge in [0.2, 0.25) is 5.91 Å².